The molecule has 1 aromatic heterocycles. The van der Waals surface area contributed by atoms with Crippen molar-refractivity contribution in [3.63, 3.8) is 0 Å². The van der Waals surface area contributed by atoms with E-state index in [0.717, 1.165) is 29.4 Å². The van der Waals surface area contributed by atoms with Crippen molar-refractivity contribution >= 4 is 17.5 Å². The first-order chi connectivity index (χ1) is 14.3. The molecule has 2 amide bonds. The van der Waals surface area contributed by atoms with Crippen molar-refractivity contribution in [1.29, 1.82) is 0 Å². The van der Waals surface area contributed by atoms with E-state index in [2.05, 4.69) is 26.2 Å². The smallest absolute Gasteiger partial charge is 0.257 e. The Bertz CT molecular complexity index is 1050. The van der Waals surface area contributed by atoms with Crippen molar-refractivity contribution in [2.75, 3.05) is 5.32 Å². The number of tetrazole rings is 1. The summed E-state index contributed by atoms with van der Waals surface area (Å²) in [5.41, 5.74) is 1.31. The third-order valence-corrected chi connectivity index (χ3v) is 4.49. The molecule has 1 atom stereocenters. The van der Waals surface area contributed by atoms with Crippen LogP contribution in [0.2, 0.25) is 0 Å². The van der Waals surface area contributed by atoms with E-state index in [9.17, 15) is 18.4 Å². The molecule has 0 aliphatic heterocycles. The Morgan fingerprint density at radius 2 is 1.80 bits per heavy atom. The minimum Gasteiger partial charge on any atom is -0.340 e. The Morgan fingerprint density at radius 1 is 1.10 bits per heavy atom. The number of rotatable bonds is 6. The van der Waals surface area contributed by atoms with Crippen LogP contribution >= 0.6 is 0 Å². The van der Waals surface area contributed by atoms with Crippen LogP contribution in [0.4, 0.5) is 14.5 Å². The standard InChI is InChI=1S/C20H20F2N6O2/c1-11(2)18(25-19(29)17-14(21)5-4-6-15(17)22)20(30)24-13-7-8-16(12(3)9-13)28-10-23-26-27-28/h4-11,18H,1-3H3,(H,24,30)(H,25,29). The van der Waals surface area contributed by atoms with Crippen LogP contribution in [0.1, 0.15) is 29.8 Å². The largest absolute Gasteiger partial charge is 0.340 e. The molecule has 0 fully saturated rings. The average Bonchev–Trinajstić information content (AvgIpc) is 3.20. The van der Waals surface area contributed by atoms with Gasteiger partial charge in [0, 0.05) is 5.69 Å². The lowest BCUT2D eigenvalue weighted by Crippen LogP contribution is -2.47. The molecule has 1 heterocycles. The van der Waals surface area contributed by atoms with Gasteiger partial charge in [-0.25, -0.2) is 13.5 Å². The maximum Gasteiger partial charge on any atom is 0.257 e. The average molecular weight is 414 g/mol. The molecule has 2 N–H and O–H groups in total. The monoisotopic (exact) mass is 414 g/mol. The predicted octanol–water partition coefficient (Wildman–Crippen LogP) is 2.64. The second-order valence-corrected chi connectivity index (χ2v) is 7.04. The number of aromatic nitrogens is 4. The molecule has 0 aliphatic rings. The van der Waals surface area contributed by atoms with Gasteiger partial charge in [-0.15, -0.1) is 5.10 Å². The zero-order valence-electron chi connectivity index (χ0n) is 16.6. The fraction of sp³-hybridized carbons (Fsp3) is 0.250. The fourth-order valence-electron chi connectivity index (χ4n) is 2.95. The van der Waals surface area contributed by atoms with E-state index in [0.29, 0.717) is 5.69 Å². The number of anilines is 1. The van der Waals surface area contributed by atoms with Gasteiger partial charge in [-0.1, -0.05) is 19.9 Å². The Hall–Kier alpha value is -3.69. The maximum absolute atomic E-state index is 13.9. The molecule has 2 aromatic carbocycles. The summed E-state index contributed by atoms with van der Waals surface area (Å²) >= 11 is 0. The van der Waals surface area contributed by atoms with Crippen molar-refractivity contribution in [2.24, 2.45) is 5.92 Å². The van der Waals surface area contributed by atoms with Crippen LogP contribution in [-0.4, -0.2) is 38.1 Å². The van der Waals surface area contributed by atoms with Crippen LogP contribution < -0.4 is 10.6 Å². The van der Waals surface area contributed by atoms with Crippen LogP contribution in [0.25, 0.3) is 5.69 Å². The number of aryl methyl sites for hydroxylation is 1. The molecule has 0 aliphatic carbocycles. The number of carbonyl (C=O) groups is 2. The van der Waals surface area contributed by atoms with E-state index < -0.39 is 35.1 Å². The topological polar surface area (TPSA) is 102 Å². The molecule has 3 aromatic rings. The van der Waals surface area contributed by atoms with Gasteiger partial charge >= 0.3 is 0 Å². The third kappa shape index (κ3) is 4.48. The second kappa shape index (κ2) is 8.76. The summed E-state index contributed by atoms with van der Waals surface area (Å²) < 4.78 is 29.3. The van der Waals surface area contributed by atoms with Gasteiger partial charge in [0.05, 0.1) is 5.69 Å². The number of hydrogen-bond acceptors (Lipinski definition) is 5. The van der Waals surface area contributed by atoms with Crippen molar-refractivity contribution in [3.05, 3.63) is 65.5 Å². The molecule has 8 nitrogen and oxygen atoms in total. The molecule has 0 saturated carbocycles. The SMILES string of the molecule is Cc1cc(NC(=O)C(NC(=O)c2c(F)cccc2F)C(C)C)ccc1-n1cnnn1. The Labute approximate surface area is 171 Å². The quantitative estimate of drug-likeness (QED) is 0.646. The van der Waals surface area contributed by atoms with Crippen LogP contribution in [0.5, 0.6) is 0 Å². The zero-order chi connectivity index (χ0) is 21.8. The molecular weight excluding hydrogens is 394 g/mol. The molecule has 1 unspecified atom stereocenters. The summed E-state index contributed by atoms with van der Waals surface area (Å²) in [7, 11) is 0. The van der Waals surface area contributed by atoms with E-state index in [1.807, 2.05) is 6.92 Å². The number of amides is 2. The summed E-state index contributed by atoms with van der Waals surface area (Å²) in [5, 5.41) is 16.1. The summed E-state index contributed by atoms with van der Waals surface area (Å²) in [4.78, 5) is 25.2. The minimum atomic E-state index is -1.00. The van der Waals surface area contributed by atoms with Crippen LogP contribution in [0, 0.1) is 24.5 Å². The molecule has 0 spiro atoms. The fourth-order valence-corrected chi connectivity index (χ4v) is 2.95. The van der Waals surface area contributed by atoms with Crippen LogP contribution in [0.3, 0.4) is 0 Å². The normalized spacial score (nSPS) is 11.9. The molecule has 0 radical (unpaired) electrons. The van der Waals surface area contributed by atoms with Crippen molar-refractivity contribution in [1.82, 2.24) is 25.5 Å². The van der Waals surface area contributed by atoms with E-state index >= 15 is 0 Å². The summed E-state index contributed by atoms with van der Waals surface area (Å²) in [5.74, 6) is -3.83. The van der Waals surface area contributed by atoms with E-state index in [-0.39, 0.29) is 5.92 Å². The van der Waals surface area contributed by atoms with Crippen LogP contribution in [0.15, 0.2) is 42.7 Å². The highest BCUT2D eigenvalue weighted by atomic mass is 19.1. The summed E-state index contributed by atoms with van der Waals surface area (Å²) in [6.45, 7) is 5.26. The number of carbonyl (C=O) groups excluding carboxylic acids is 2. The van der Waals surface area contributed by atoms with Crippen LogP contribution in [-0.2, 0) is 4.79 Å². The first-order valence-corrected chi connectivity index (χ1v) is 9.17. The lowest BCUT2D eigenvalue weighted by Gasteiger charge is -2.22. The number of nitrogens with one attached hydrogen (secondary N) is 2. The van der Waals surface area contributed by atoms with E-state index in [1.54, 1.807) is 32.0 Å². The molecule has 3 rings (SSSR count). The Kier molecular flexibility index (Phi) is 6.14. The molecule has 0 bridgehead atoms. The van der Waals surface area contributed by atoms with Crippen molar-refractivity contribution in [3.8, 4) is 5.69 Å². The van der Waals surface area contributed by atoms with Crippen molar-refractivity contribution < 1.29 is 18.4 Å². The van der Waals surface area contributed by atoms with Gasteiger partial charge in [0.15, 0.2) is 0 Å². The van der Waals surface area contributed by atoms with Gasteiger partial charge in [-0.05, 0) is 59.2 Å². The van der Waals surface area contributed by atoms with Gasteiger partial charge in [-0.3, -0.25) is 9.59 Å². The highest BCUT2D eigenvalue weighted by Crippen LogP contribution is 2.19. The maximum atomic E-state index is 13.9. The van der Waals surface area contributed by atoms with E-state index in [1.165, 1.54) is 11.0 Å². The second-order valence-electron chi connectivity index (χ2n) is 7.04. The zero-order valence-corrected chi connectivity index (χ0v) is 16.6. The highest BCUT2D eigenvalue weighted by Gasteiger charge is 2.27. The first kappa shape index (κ1) is 21.0. The van der Waals surface area contributed by atoms with Gasteiger partial charge in [0.2, 0.25) is 5.91 Å². The number of nitrogens with zero attached hydrogens (tertiary/aromatic N) is 4. The van der Waals surface area contributed by atoms with Gasteiger partial charge in [0.25, 0.3) is 5.91 Å². The molecular formula is C20H20F2N6O2. The van der Waals surface area contributed by atoms with E-state index in [4.69, 9.17) is 0 Å². The summed E-state index contributed by atoms with van der Waals surface area (Å²) in [6, 6.07) is 7.25. The first-order valence-electron chi connectivity index (χ1n) is 9.17. The van der Waals surface area contributed by atoms with Gasteiger partial charge in [0.1, 0.15) is 29.6 Å². The Morgan fingerprint density at radius 3 is 2.37 bits per heavy atom. The lowest BCUT2D eigenvalue weighted by atomic mass is 10.0. The number of hydrogen-bond donors (Lipinski definition) is 2. The minimum absolute atomic E-state index is 0.328. The third-order valence-electron chi connectivity index (χ3n) is 4.49. The predicted molar refractivity (Wildman–Crippen MR) is 105 cm³/mol. The lowest BCUT2D eigenvalue weighted by molar-refractivity contribution is -0.118. The highest BCUT2D eigenvalue weighted by molar-refractivity contribution is 6.01. The molecule has 10 heteroatoms. The number of halogens is 2. The molecule has 0 saturated heterocycles. The molecule has 30 heavy (non-hydrogen) atoms. The summed E-state index contributed by atoms with van der Waals surface area (Å²) in [6.07, 6.45) is 1.45. The Balaban J connectivity index is 1.76. The molecule has 156 valence electrons. The van der Waals surface area contributed by atoms with Crippen molar-refractivity contribution in [2.45, 2.75) is 26.8 Å². The number of benzene rings is 2. The van der Waals surface area contributed by atoms with Gasteiger partial charge < -0.3 is 10.6 Å². The van der Waals surface area contributed by atoms with Gasteiger partial charge in [-0.2, -0.15) is 0 Å².